The summed E-state index contributed by atoms with van der Waals surface area (Å²) in [5.41, 5.74) is 1.82. The first kappa shape index (κ1) is 21.9. The third-order valence-electron chi connectivity index (χ3n) is 5.10. The molecule has 1 saturated heterocycles. The van der Waals surface area contributed by atoms with Crippen LogP contribution in [0.5, 0.6) is 0 Å². The van der Waals surface area contributed by atoms with Crippen molar-refractivity contribution in [2.45, 2.75) is 64.8 Å². The van der Waals surface area contributed by atoms with Crippen LogP contribution >= 0.6 is 0 Å². The van der Waals surface area contributed by atoms with Crippen LogP contribution in [-0.4, -0.2) is 48.3 Å². The van der Waals surface area contributed by atoms with Crippen molar-refractivity contribution in [3.63, 3.8) is 0 Å². The van der Waals surface area contributed by atoms with Crippen molar-refractivity contribution < 1.29 is 14.4 Å². The molecule has 1 unspecified atom stereocenters. The Hall–Kier alpha value is -2.37. The van der Waals surface area contributed by atoms with Crippen molar-refractivity contribution in [2.75, 3.05) is 19.6 Å². The number of hydrogen-bond donors (Lipinski definition) is 2. The van der Waals surface area contributed by atoms with Crippen molar-refractivity contribution in [2.24, 2.45) is 0 Å². The van der Waals surface area contributed by atoms with Gasteiger partial charge in [0.15, 0.2) is 0 Å². The standard InChI is InChI=1S/C22H33N3O3/c1-5-19(26)24-18-7-6-14-25(15-18)20(27)12-13-23-21(28)16-8-10-17(11-9-16)22(2,3)4/h8-11,18H,5-7,12-15H2,1-4H3,(H,23,28)(H,24,26). The average molecular weight is 388 g/mol. The molecule has 154 valence electrons. The molecular formula is C22H33N3O3. The highest BCUT2D eigenvalue weighted by molar-refractivity contribution is 5.94. The van der Waals surface area contributed by atoms with Crippen LogP contribution in [0.2, 0.25) is 0 Å². The zero-order chi connectivity index (χ0) is 20.7. The zero-order valence-electron chi connectivity index (χ0n) is 17.5. The molecule has 1 aliphatic rings. The van der Waals surface area contributed by atoms with Crippen LogP contribution in [0.3, 0.4) is 0 Å². The summed E-state index contributed by atoms with van der Waals surface area (Å²) in [7, 11) is 0. The van der Waals surface area contributed by atoms with Crippen LogP contribution in [0.1, 0.15) is 69.3 Å². The van der Waals surface area contributed by atoms with Crippen LogP contribution < -0.4 is 10.6 Å². The Kier molecular flexibility index (Phi) is 7.61. The van der Waals surface area contributed by atoms with Crippen molar-refractivity contribution in [1.29, 1.82) is 0 Å². The minimum Gasteiger partial charge on any atom is -0.352 e. The molecule has 1 aromatic carbocycles. The molecule has 0 bridgehead atoms. The summed E-state index contributed by atoms with van der Waals surface area (Å²) in [5.74, 6) is -0.136. The van der Waals surface area contributed by atoms with Gasteiger partial charge < -0.3 is 15.5 Å². The van der Waals surface area contributed by atoms with Gasteiger partial charge in [-0.1, -0.05) is 39.8 Å². The van der Waals surface area contributed by atoms with Crippen molar-refractivity contribution in [1.82, 2.24) is 15.5 Å². The molecule has 0 saturated carbocycles. The summed E-state index contributed by atoms with van der Waals surface area (Å²) >= 11 is 0. The monoisotopic (exact) mass is 387 g/mol. The summed E-state index contributed by atoms with van der Waals surface area (Å²) in [6, 6.07) is 7.62. The van der Waals surface area contributed by atoms with Gasteiger partial charge in [-0.2, -0.15) is 0 Å². The van der Waals surface area contributed by atoms with Crippen LogP contribution in [0.15, 0.2) is 24.3 Å². The van der Waals surface area contributed by atoms with Crippen molar-refractivity contribution in [3.05, 3.63) is 35.4 Å². The second kappa shape index (κ2) is 9.71. The lowest BCUT2D eigenvalue weighted by atomic mass is 9.87. The summed E-state index contributed by atoms with van der Waals surface area (Å²) in [4.78, 5) is 38.1. The summed E-state index contributed by atoms with van der Waals surface area (Å²) in [6.07, 6.45) is 2.50. The van der Waals surface area contributed by atoms with E-state index in [1.54, 1.807) is 4.90 Å². The summed E-state index contributed by atoms with van der Waals surface area (Å²) in [5, 5.41) is 5.79. The molecule has 0 spiro atoms. The van der Waals surface area contributed by atoms with Gasteiger partial charge in [0.2, 0.25) is 11.8 Å². The number of amides is 3. The number of hydrogen-bond acceptors (Lipinski definition) is 3. The van der Waals surface area contributed by atoms with Crippen LogP contribution in [-0.2, 0) is 15.0 Å². The first-order valence-electron chi connectivity index (χ1n) is 10.2. The predicted octanol–water partition coefficient (Wildman–Crippen LogP) is 2.62. The van der Waals surface area contributed by atoms with Crippen molar-refractivity contribution >= 4 is 17.7 Å². The molecule has 3 amide bonds. The summed E-state index contributed by atoms with van der Waals surface area (Å²) < 4.78 is 0. The Labute approximate surface area is 168 Å². The van der Waals surface area contributed by atoms with Gasteiger partial charge in [0.25, 0.3) is 5.91 Å². The fourth-order valence-corrected chi connectivity index (χ4v) is 3.32. The van der Waals surface area contributed by atoms with Gasteiger partial charge in [0.1, 0.15) is 0 Å². The van der Waals surface area contributed by atoms with Crippen LogP contribution in [0.25, 0.3) is 0 Å². The highest BCUT2D eigenvalue weighted by Crippen LogP contribution is 2.22. The molecule has 0 aliphatic carbocycles. The van der Waals surface area contributed by atoms with E-state index in [-0.39, 0.29) is 35.6 Å². The van der Waals surface area contributed by atoms with E-state index >= 15 is 0 Å². The first-order chi connectivity index (χ1) is 13.2. The molecule has 2 N–H and O–H groups in total. The highest BCUT2D eigenvalue weighted by atomic mass is 16.2. The van der Waals surface area contributed by atoms with E-state index in [1.165, 1.54) is 5.56 Å². The smallest absolute Gasteiger partial charge is 0.251 e. The average Bonchev–Trinajstić information content (AvgIpc) is 2.67. The fraction of sp³-hybridized carbons (Fsp3) is 0.591. The molecule has 1 aromatic rings. The molecule has 28 heavy (non-hydrogen) atoms. The number of rotatable bonds is 6. The molecule has 0 aromatic heterocycles. The molecule has 1 atom stereocenters. The fourth-order valence-electron chi connectivity index (χ4n) is 3.32. The van der Waals surface area contributed by atoms with E-state index in [0.29, 0.717) is 31.6 Å². The molecule has 6 heteroatoms. The van der Waals surface area contributed by atoms with Gasteiger partial charge in [0, 0.05) is 44.1 Å². The van der Waals surface area contributed by atoms with E-state index in [4.69, 9.17) is 0 Å². The number of nitrogens with zero attached hydrogens (tertiary/aromatic N) is 1. The third-order valence-corrected chi connectivity index (χ3v) is 5.10. The Morgan fingerprint density at radius 3 is 2.43 bits per heavy atom. The third kappa shape index (κ3) is 6.36. The van der Waals surface area contributed by atoms with Crippen LogP contribution in [0.4, 0.5) is 0 Å². The van der Waals surface area contributed by atoms with Gasteiger partial charge in [-0.25, -0.2) is 0 Å². The Balaban J connectivity index is 1.78. The lowest BCUT2D eigenvalue weighted by molar-refractivity contribution is -0.133. The number of benzene rings is 1. The Morgan fingerprint density at radius 2 is 1.82 bits per heavy atom. The maximum atomic E-state index is 12.4. The van der Waals surface area contributed by atoms with E-state index in [9.17, 15) is 14.4 Å². The molecule has 1 aliphatic heterocycles. The molecule has 1 fully saturated rings. The molecular weight excluding hydrogens is 354 g/mol. The molecule has 0 radical (unpaired) electrons. The first-order valence-corrected chi connectivity index (χ1v) is 10.2. The largest absolute Gasteiger partial charge is 0.352 e. The lowest BCUT2D eigenvalue weighted by Gasteiger charge is -2.33. The predicted molar refractivity (Wildman–Crippen MR) is 110 cm³/mol. The van der Waals surface area contributed by atoms with Gasteiger partial charge in [-0.3, -0.25) is 14.4 Å². The minimum atomic E-state index is -0.167. The van der Waals surface area contributed by atoms with Crippen molar-refractivity contribution in [3.8, 4) is 0 Å². The number of carbonyl (C=O) groups is 3. The molecule has 1 heterocycles. The van der Waals surface area contributed by atoms with Gasteiger partial charge in [0.05, 0.1) is 0 Å². The SMILES string of the molecule is CCC(=O)NC1CCCN(C(=O)CCNC(=O)c2ccc(C(C)(C)C)cc2)C1. The second-order valence-corrected chi connectivity index (χ2v) is 8.43. The van der Waals surface area contributed by atoms with E-state index < -0.39 is 0 Å². The normalized spacial score (nSPS) is 17.1. The minimum absolute atomic E-state index is 0.0128. The second-order valence-electron chi connectivity index (χ2n) is 8.43. The van der Waals surface area contributed by atoms with E-state index in [0.717, 1.165) is 12.8 Å². The van der Waals surface area contributed by atoms with Gasteiger partial charge in [-0.05, 0) is 36.0 Å². The van der Waals surface area contributed by atoms with Gasteiger partial charge >= 0.3 is 0 Å². The van der Waals surface area contributed by atoms with Gasteiger partial charge in [-0.15, -0.1) is 0 Å². The number of nitrogens with one attached hydrogen (secondary N) is 2. The lowest BCUT2D eigenvalue weighted by Crippen LogP contribution is -2.49. The molecule has 2 rings (SSSR count). The highest BCUT2D eigenvalue weighted by Gasteiger charge is 2.24. The maximum absolute atomic E-state index is 12.4. The Bertz CT molecular complexity index is 692. The maximum Gasteiger partial charge on any atom is 0.251 e. The van der Waals surface area contributed by atoms with E-state index in [1.807, 2.05) is 31.2 Å². The quantitative estimate of drug-likeness (QED) is 0.788. The van der Waals surface area contributed by atoms with E-state index in [2.05, 4.69) is 31.4 Å². The zero-order valence-corrected chi connectivity index (χ0v) is 17.5. The summed E-state index contributed by atoms with van der Waals surface area (Å²) in [6.45, 7) is 9.78. The van der Waals surface area contributed by atoms with Crippen LogP contribution in [0, 0.1) is 0 Å². The number of likely N-dealkylation sites (tertiary alicyclic amines) is 1. The Morgan fingerprint density at radius 1 is 1.14 bits per heavy atom. The number of piperidine rings is 1. The topological polar surface area (TPSA) is 78.5 Å². The number of carbonyl (C=O) groups excluding carboxylic acids is 3. The molecule has 6 nitrogen and oxygen atoms in total.